The maximum atomic E-state index is 12.8. The van der Waals surface area contributed by atoms with Gasteiger partial charge in [0.25, 0.3) is 0 Å². The molecule has 1 heterocycles. The van der Waals surface area contributed by atoms with E-state index in [9.17, 15) is 23.1 Å². The van der Waals surface area contributed by atoms with E-state index in [1.807, 2.05) is 0 Å². The van der Waals surface area contributed by atoms with Crippen LogP contribution in [0.1, 0.15) is 16.1 Å². The van der Waals surface area contributed by atoms with Crippen molar-refractivity contribution in [3.8, 4) is 0 Å². The van der Waals surface area contributed by atoms with Gasteiger partial charge in [-0.25, -0.2) is 9.97 Å². The fraction of sp³-hybridized carbons (Fsp3) is 0.0833. The van der Waals surface area contributed by atoms with Crippen LogP contribution in [0.5, 0.6) is 0 Å². The van der Waals surface area contributed by atoms with Crippen LogP contribution < -0.4 is 10.4 Å². The van der Waals surface area contributed by atoms with E-state index in [2.05, 4.69) is 15.3 Å². The second kappa shape index (κ2) is 5.98. The van der Waals surface area contributed by atoms with Gasteiger partial charge in [0.1, 0.15) is 0 Å². The summed E-state index contributed by atoms with van der Waals surface area (Å²) in [4.78, 5) is 17.3. The van der Waals surface area contributed by atoms with Crippen molar-refractivity contribution in [1.82, 2.24) is 9.97 Å². The van der Waals surface area contributed by atoms with Crippen molar-refractivity contribution < 1.29 is 23.1 Å². The number of halogens is 5. The number of anilines is 2. The number of carboxylic acids is 1. The lowest BCUT2D eigenvalue weighted by molar-refractivity contribution is -0.256. The summed E-state index contributed by atoms with van der Waals surface area (Å²) >= 11 is 11.7. The molecule has 0 aliphatic rings. The molecule has 1 N–H and O–H groups in total. The van der Waals surface area contributed by atoms with Gasteiger partial charge in [0.15, 0.2) is 5.69 Å². The number of benzene rings is 1. The van der Waals surface area contributed by atoms with Gasteiger partial charge in [0.05, 0.1) is 21.7 Å². The molecule has 0 saturated carbocycles. The Labute approximate surface area is 131 Å². The molecule has 0 saturated heterocycles. The number of nitrogens with zero attached hydrogens (tertiary/aromatic N) is 2. The highest BCUT2D eigenvalue weighted by Gasteiger charge is 2.36. The summed E-state index contributed by atoms with van der Waals surface area (Å²) < 4.78 is 38.4. The van der Waals surface area contributed by atoms with Crippen LogP contribution in [0.4, 0.5) is 24.8 Å². The van der Waals surface area contributed by atoms with E-state index in [1.54, 1.807) is 0 Å². The Bertz CT molecular complexity index is 738. The van der Waals surface area contributed by atoms with E-state index in [4.69, 9.17) is 23.2 Å². The predicted octanol–water partition coefficient (Wildman–Crippen LogP) is 2.91. The van der Waals surface area contributed by atoms with Crippen LogP contribution in [0.2, 0.25) is 10.0 Å². The smallest absolute Gasteiger partial charge is 0.434 e. The molecule has 0 fully saturated rings. The second-order valence-electron chi connectivity index (χ2n) is 3.97. The average molecular weight is 351 g/mol. The highest BCUT2D eigenvalue weighted by Crippen LogP contribution is 2.33. The lowest BCUT2D eigenvalue weighted by atomic mass is 10.2. The zero-order chi connectivity index (χ0) is 16.5. The highest BCUT2D eigenvalue weighted by molar-refractivity contribution is 6.43. The first-order valence-corrected chi connectivity index (χ1v) is 6.32. The minimum absolute atomic E-state index is 0.0605. The monoisotopic (exact) mass is 350 g/mol. The molecule has 0 spiro atoms. The molecule has 2 aromatic rings. The summed E-state index contributed by atoms with van der Waals surface area (Å²) in [6.45, 7) is 0. The molecule has 22 heavy (non-hydrogen) atoms. The van der Waals surface area contributed by atoms with Gasteiger partial charge in [-0.05, 0) is 12.1 Å². The molecule has 0 unspecified atom stereocenters. The Hall–Kier alpha value is -2.06. The third-order valence-corrected chi connectivity index (χ3v) is 3.29. The number of nitrogens with one attached hydrogen (secondary N) is 1. The second-order valence-corrected chi connectivity index (χ2v) is 4.75. The van der Waals surface area contributed by atoms with Gasteiger partial charge in [-0.15, -0.1) is 0 Å². The molecule has 116 valence electrons. The molecule has 10 heteroatoms. The van der Waals surface area contributed by atoms with E-state index in [-0.39, 0.29) is 15.7 Å². The van der Waals surface area contributed by atoms with E-state index >= 15 is 0 Å². The van der Waals surface area contributed by atoms with Crippen molar-refractivity contribution in [2.75, 3.05) is 5.32 Å². The van der Waals surface area contributed by atoms with Gasteiger partial charge < -0.3 is 15.2 Å². The van der Waals surface area contributed by atoms with Crippen LogP contribution in [0, 0.1) is 0 Å². The number of carbonyl (C=O) groups is 1. The Morgan fingerprint density at radius 2 is 1.95 bits per heavy atom. The van der Waals surface area contributed by atoms with Gasteiger partial charge in [-0.3, -0.25) is 0 Å². The fourth-order valence-corrected chi connectivity index (χ4v) is 1.88. The minimum Gasteiger partial charge on any atom is -0.545 e. The zero-order valence-electron chi connectivity index (χ0n) is 10.4. The van der Waals surface area contributed by atoms with E-state index in [0.29, 0.717) is 6.20 Å². The number of carbonyl (C=O) groups excluding carboxylic acids is 1. The van der Waals surface area contributed by atoms with E-state index in [0.717, 1.165) is 0 Å². The number of rotatable bonds is 3. The lowest BCUT2D eigenvalue weighted by Crippen LogP contribution is -2.27. The largest absolute Gasteiger partial charge is 0.545 e. The summed E-state index contributed by atoms with van der Waals surface area (Å²) in [7, 11) is 0. The molecule has 0 aliphatic heterocycles. The van der Waals surface area contributed by atoms with Crippen molar-refractivity contribution in [2.24, 2.45) is 0 Å². The minimum atomic E-state index is -4.98. The van der Waals surface area contributed by atoms with Crippen LogP contribution in [0.25, 0.3) is 0 Å². The van der Waals surface area contributed by atoms with Crippen LogP contribution in [0.3, 0.4) is 0 Å². The van der Waals surface area contributed by atoms with Crippen LogP contribution in [-0.2, 0) is 6.18 Å². The Kier molecular flexibility index (Phi) is 4.43. The summed E-state index contributed by atoms with van der Waals surface area (Å²) in [5.41, 5.74) is -2.61. The SMILES string of the molecule is O=C([O-])c1cnc(Nc2cccc(Cl)c2Cl)nc1C(F)(F)F. The molecular formula is C12H5Cl2F3N3O2-. The number of alkyl halides is 3. The molecule has 0 radical (unpaired) electrons. The molecular weight excluding hydrogens is 346 g/mol. The van der Waals surface area contributed by atoms with Crippen LogP contribution >= 0.6 is 23.2 Å². The van der Waals surface area contributed by atoms with Gasteiger partial charge in [-0.1, -0.05) is 29.3 Å². The number of aromatic carboxylic acids is 1. The number of hydrogen-bond acceptors (Lipinski definition) is 5. The zero-order valence-corrected chi connectivity index (χ0v) is 11.9. The third-order valence-electron chi connectivity index (χ3n) is 2.48. The summed E-state index contributed by atoms with van der Waals surface area (Å²) in [6, 6.07) is 4.44. The first-order valence-electron chi connectivity index (χ1n) is 5.56. The Morgan fingerprint density at radius 1 is 1.27 bits per heavy atom. The quantitative estimate of drug-likeness (QED) is 0.920. The topological polar surface area (TPSA) is 77.9 Å². The molecule has 5 nitrogen and oxygen atoms in total. The van der Waals surface area contributed by atoms with Crippen LogP contribution in [-0.4, -0.2) is 15.9 Å². The van der Waals surface area contributed by atoms with E-state index in [1.165, 1.54) is 18.2 Å². The third kappa shape index (κ3) is 3.40. The molecule has 0 bridgehead atoms. The van der Waals surface area contributed by atoms with Gasteiger partial charge in [0, 0.05) is 11.8 Å². The van der Waals surface area contributed by atoms with Gasteiger partial charge in [-0.2, -0.15) is 13.2 Å². The number of aromatic nitrogens is 2. The van der Waals surface area contributed by atoms with Crippen LogP contribution in [0.15, 0.2) is 24.4 Å². The van der Waals surface area contributed by atoms with Crippen molar-refractivity contribution in [2.45, 2.75) is 6.18 Å². The highest BCUT2D eigenvalue weighted by atomic mass is 35.5. The fourth-order valence-electron chi connectivity index (χ4n) is 1.53. The lowest BCUT2D eigenvalue weighted by Gasteiger charge is -2.14. The maximum Gasteiger partial charge on any atom is 0.434 e. The predicted molar refractivity (Wildman–Crippen MR) is 71.1 cm³/mol. The number of carboxylic acid groups (broad SMARTS) is 1. The summed E-state index contributed by atoms with van der Waals surface area (Å²) in [5, 5.41) is 13.4. The summed E-state index contributed by atoms with van der Waals surface area (Å²) in [6.07, 6.45) is -4.47. The van der Waals surface area contributed by atoms with E-state index < -0.39 is 29.4 Å². The maximum absolute atomic E-state index is 12.8. The van der Waals surface area contributed by atoms with Crippen molar-refractivity contribution in [3.05, 3.63) is 45.7 Å². The first-order chi connectivity index (χ1) is 10.2. The molecule has 2 rings (SSSR count). The molecule has 0 amide bonds. The van der Waals surface area contributed by atoms with Crippen molar-refractivity contribution >= 4 is 40.8 Å². The Morgan fingerprint density at radius 3 is 2.55 bits per heavy atom. The van der Waals surface area contributed by atoms with Gasteiger partial charge >= 0.3 is 6.18 Å². The average Bonchev–Trinajstić information content (AvgIpc) is 2.42. The molecule has 0 atom stereocenters. The molecule has 0 aliphatic carbocycles. The van der Waals surface area contributed by atoms with Crippen molar-refractivity contribution in [1.29, 1.82) is 0 Å². The Balaban J connectivity index is 2.45. The number of hydrogen-bond donors (Lipinski definition) is 1. The molecule has 1 aromatic heterocycles. The summed E-state index contributed by atoms with van der Waals surface area (Å²) in [5.74, 6) is -2.51. The molecule has 1 aromatic carbocycles. The van der Waals surface area contributed by atoms with Gasteiger partial charge in [0.2, 0.25) is 5.95 Å². The first kappa shape index (κ1) is 16.3. The normalized spacial score (nSPS) is 11.3. The standard InChI is InChI=1S/C12H6Cl2F3N3O2/c13-6-2-1-3-7(8(6)14)19-11-18-4-5(10(21)22)9(20-11)12(15,16)17/h1-4H,(H,21,22)(H,18,19,20)/p-1. The van der Waals surface area contributed by atoms with Crippen molar-refractivity contribution in [3.63, 3.8) is 0 Å².